The van der Waals surface area contributed by atoms with Crippen molar-refractivity contribution in [1.82, 2.24) is 9.88 Å². The van der Waals surface area contributed by atoms with Crippen molar-refractivity contribution in [3.63, 3.8) is 0 Å². The number of carbonyl (C=O) groups excluding carboxylic acids is 1. The van der Waals surface area contributed by atoms with Gasteiger partial charge in [0, 0.05) is 18.3 Å². The molecule has 3 nitrogen and oxygen atoms in total. The molecule has 2 aromatic rings. The maximum Gasteiger partial charge on any atom is 0.254 e. The average molecular weight is 345 g/mol. The second-order valence-corrected chi connectivity index (χ2v) is 6.19. The number of benzene rings is 1. The first-order chi connectivity index (χ1) is 10.2. The highest BCUT2D eigenvalue weighted by Gasteiger charge is 2.31. The molecule has 1 saturated heterocycles. The van der Waals surface area contributed by atoms with Gasteiger partial charge in [0.05, 0.1) is 6.04 Å². The number of carbonyl (C=O) groups is 1. The maximum atomic E-state index is 12.8. The van der Waals surface area contributed by atoms with Gasteiger partial charge in [-0.2, -0.15) is 0 Å². The standard InChI is InChI=1S/C17H17BrN2O/c1-12-5-2-3-6-14(12)15-7-4-10-20(15)17(21)13-8-9-19-16(18)11-13/h2-3,5-6,8-9,11,15H,4,7,10H2,1H3. The molecule has 1 aliphatic rings. The third kappa shape index (κ3) is 2.86. The van der Waals surface area contributed by atoms with E-state index in [-0.39, 0.29) is 11.9 Å². The van der Waals surface area contributed by atoms with Gasteiger partial charge in [-0.15, -0.1) is 0 Å². The summed E-state index contributed by atoms with van der Waals surface area (Å²) in [6, 6.07) is 12.1. The molecule has 1 unspecified atom stereocenters. The molecule has 1 amide bonds. The lowest BCUT2D eigenvalue weighted by atomic mass is 9.99. The normalized spacial score (nSPS) is 18.0. The first-order valence-corrected chi connectivity index (χ1v) is 7.94. The quantitative estimate of drug-likeness (QED) is 0.767. The molecule has 1 aromatic carbocycles. The Morgan fingerprint density at radius 2 is 2.14 bits per heavy atom. The number of rotatable bonds is 2. The van der Waals surface area contributed by atoms with Crippen LogP contribution in [-0.2, 0) is 0 Å². The topological polar surface area (TPSA) is 33.2 Å². The van der Waals surface area contributed by atoms with E-state index in [1.54, 1.807) is 18.3 Å². The zero-order valence-electron chi connectivity index (χ0n) is 11.9. The van der Waals surface area contributed by atoms with E-state index in [0.29, 0.717) is 10.2 Å². The summed E-state index contributed by atoms with van der Waals surface area (Å²) in [6.07, 6.45) is 3.75. The van der Waals surface area contributed by atoms with Gasteiger partial charge in [-0.25, -0.2) is 4.98 Å². The molecular formula is C17H17BrN2O. The van der Waals surface area contributed by atoms with Crippen LogP contribution in [0.4, 0.5) is 0 Å². The molecule has 108 valence electrons. The largest absolute Gasteiger partial charge is 0.332 e. The van der Waals surface area contributed by atoms with Crippen LogP contribution in [0.5, 0.6) is 0 Å². The van der Waals surface area contributed by atoms with Gasteiger partial charge in [-0.3, -0.25) is 4.79 Å². The molecule has 1 fully saturated rings. The summed E-state index contributed by atoms with van der Waals surface area (Å²) in [5.74, 6) is 0.0869. The predicted octanol–water partition coefficient (Wildman–Crippen LogP) is 4.13. The third-order valence-electron chi connectivity index (χ3n) is 4.03. The van der Waals surface area contributed by atoms with Crippen LogP contribution < -0.4 is 0 Å². The van der Waals surface area contributed by atoms with Crippen molar-refractivity contribution in [2.45, 2.75) is 25.8 Å². The smallest absolute Gasteiger partial charge is 0.254 e. The van der Waals surface area contributed by atoms with Gasteiger partial charge in [-0.1, -0.05) is 24.3 Å². The minimum atomic E-state index is 0.0869. The second-order valence-electron chi connectivity index (χ2n) is 5.38. The summed E-state index contributed by atoms with van der Waals surface area (Å²) >= 11 is 3.33. The van der Waals surface area contributed by atoms with Crippen molar-refractivity contribution < 1.29 is 4.79 Å². The number of likely N-dealkylation sites (tertiary alicyclic amines) is 1. The van der Waals surface area contributed by atoms with Crippen molar-refractivity contribution in [3.05, 3.63) is 63.9 Å². The zero-order valence-corrected chi connectivity index (χ0v) is 13.5. The van der Waals surface area contributed by atoms with E-state index >= 15 is 0 Å². The van der Waals surface area contributed by atoms with Gasteiger partial charge < -0.3 is 4.90 Å². The number of halogens is 1. The van der Waals surface area contributed by atoms with Gasteiger partial charge in [0.1, 0.15) is 4.60 Å². The number of aryl methyl sites for hydroxylation is 1. The summed E-state index contributed by atoms with van der Waals surface area (Å²) in [5.41, 5.74) is 3.20. The highest BCUT2D eigenvalue weighted by Crippen LogP contribution is 2.34. The van der Waals surface area contributed by atoms with Crippen LogP contribution in [0, 0.1) is 6.92 Å². The molecule has 1 atom stereocenters. The first-order valence-electron chi connectivity index (χ1n) is 7.15. The zero-order chi connectivity index (χ0) is 14.8. The van der Waals surface area contributed by atoms with E-state index in [1.165, 1.54) is 11.1 Å². The Morgan fingerprint density at radius 3 is 2.90 bits per heavy atom. The van der Waals surface area contributed by atoms with Crippen LogP contribution >= 0.6 is 15.9 Å². The van der Waals surface area contributed by atoms with Crippen LogP contribution in [0.1, 0.15) is 40.4 Å². The number of aromatic nitrogens is 1. The van der Waals surface area contributed by atoms with E-state index in [4.69, 9.17) is 0 Å². The van der Waals surface area contributed by atoms with Crippen molar-refractivity contribution in [2.24, 2.45) is 0 Å². The van der Waals surface area contributed by atoms with E-state index in [9.17, 15) is 4.79 Å². The van der Waals surface area contributed by atoms with Gasteiger partial charge in [0.2, 0.25) is 0 Å². The monoisotopic (exact) mass is 344 g/mol. The molecule has 4 heteroatoms. The molecule has 0 saturated carbocycles. The maximum absolute atomic E-state index is 12.8. The van der Waals surface area contributed by atoms with Crippen molar-refractivity contribution in [2.75, 3.05) is 6.54 Å². The van der Waals surface area contributed by atoms with E-state index in [2.05, 4.69) is 40.0 Å². The van der Waals surface area contributed by atoms with Crippen LogP contribution in [0.15, 0.2) is 47.2 Å². The summed E-state index contributed by atoms with van der Waals surface area (Å²) in [7, 11) is 0. The van der Waals surface area contributed by atoms with E-state index in [0.717, 1.165) is 19.4 Å². The fourth-order valence-electron chi connectivity index (χ4n) is 3.00. The van der Waals surface area contributed by atoms with Crippen LogP contribution in [0.2, 0.25) is 0 Å². The summed E-state index contributed by atoms with van der Waals surface area (Å²) < 4.78 is 0.694. The van der Waals surface area contributed by atoms with Gasteiger partial charge in [-0.05, 0) is 59.0 Å². The number of hydrogen-bond donors (Lipinski definition) is 0. The fraction of sp³-hybridized carbons (Fsp3) is 0.294. The van der Waals surface area contributed by atoms with Gasteiger partial charge in [0.15, 0.2) is 0 Å². The number of nitrogens with zero attached hydrogens (tertiary/aromatic N) is 2. The van der Waals surface area contributed by atoms with Crippen LogP contribution in [0.3, 0.4) is 0 Å². The Morgan fingerprint density at radius 1 is 1.33 bits per heavy atom. The van der Waals surface area contributed by atoms with Crippen LogP contribution in [0.25, 0.3) is 0 Å². The third-order valence-corrected chi connectivity index (χ3v) is 4.47. The molecular weight excluding hydrogens is 328 g/mol. The summed E-state index contributed by atoms with van der Waals surface area (Å²) in [5, 5.41) is 0. The number of hydrogen-bond acceptors (Lipinski definition) is 2. The lowest BCUT2D eigenvalue weighted by molar-refractivity contribution is 0.0735. The Kier molecular flexibility index (Phi) is 4.06. The SMILES string of the molecule is Cc1ccccc1C1CCCN1C(=O)c1ccnc(Br)c1. The first kappa shape index (κ1) is 14.3. The molecule has 3 rings (SSSR count). The second kappa shape index (κ2) is 5.98. The fourth-order valence-corrected chi connectivity index (χ4v) is 3.36. The lowest BCUT2D eigenvalue weighted by Gasteiger charge is -2.26. The van der Waals surface area contributed by atoms with Crippen LogP contribution in [-0.4, -0.2) is 22.3 Å². The predicted molar refractivity (Wildman–Crippen MR) is 86.1 cm³/mol. The minimum Gasteiger partial charge on any atom is -0.332 e. The van der Waals surface area contributed by atoms with E-state index in [1.807, 2.05) is 17.0 Å². The molecule has 0 aliphatic carbocycles. The molecule has 0 N–H and O–H groups in total. The summed E-state index contributed by atoms with van der Waals surface area (Å²) in [6.45, 7) is 2.93. The van der Waals surface area contributed by atoms with Crippen molar-refractivity contribution in [1.29, 1.82) is 0 Å². The molecule has 1 aliphatic heterocycles. The number of amides is 1. The van der Waals surface area contributed by atoms with Gasteiger partial charge in [0.25, 0.3) is 5.91 Å². The number of pyridine rings is 1. The Hall–Kier alpha value is -1.68. The minimum absolute atomic E-state index is 0.0869. The molecule has 2 heterocycles. The average Bonchev–Trinajstić information content (AvgIpc) is 2.96. The molecule has 21 heavy (non-hydrogen) atoms. The highest BCUT2D eigenvalue weighted by atomic mass is 79.9. The van der Waals surface area contributed by atoms with Crippen molar-refractivity contribution in [3.8, 4) is 0 Å². The Bertz CT molecular complexity index is 671. The van der Waals surface area contributed by atoms with Crippen molar-refractivity contribution >= 4 is 21.8 Å². The Balaban J connectivity index is 1.91. The van der Waals surface area contributed by atoms with Gasteiger partial charge >= 0.3 is 0 Å². The summed E-state index contributed by atoms with van der Waals surface area (Å²) in [4.78, 5) is 18.8. The van der Waals surface area contributed by atoms with E-state index < -0.39 is 0 Å². The molecule has 1 aromatic heterocycles. The highest BCUT2D eigenvalue weighted by molar-refractivity contribution is 9.10. The lowest BCUT2D eigenvalue weighted by Crippen LogP contribution is -2.30. The Labute approximate surface area is 133 Å². The molecule has 0 bridgehead atoms. The molecule has 0 spiro atoms. The molecule has 0 radical (unpaired) electrons.